The second-order valence-corrected chi connectivity index (χ2v) is 9.17. The number of carboxylic acid groups (broad SMARTS) is 1. The predicted octanol–water partition coefficient (Wildman–Crippen LogP) is 4.87. The standard InChI is InChI=1S/C29H27FN2O3/c30-21-11-13-26-24(16-21)25-17-22(12-14-27(25)32(26)18-28(33)34)31-29(35)23(20-9-5-2-6-10-20)15-19-7-3-1-4-8-19/h1-11,13,16,22-23H,12,14-15,17-18H2,(H,31,35)(H,33,34)/t22-,23-/m0/s1. The maximum Gasteiger partial charge on any atom is 0.323 e. The summed E-state index contributed by atoms with van der Waals surface area (Å²) in [5, 5.41) is 13.4. The molecule has 3 aromatic carbocycles. The van der Waals surface area contributed by atoms with Gasteiger partial charge in [-0.2, -0.15) is 0 Å². The first-order valence-electron chi connectivity index (χ1n) is 11.9. The van der Waals surface area contributed by atoms with Crippen molar-refractivity contribution < 1.29 is 19.1 Å². The van der Waals surface area contributed by atoms with Gasteiger partial charge < -0.3 is 15.0 Å². The van der Waals surface area contributed by atoms with Gasteiger partial charge in [-0.1, -0.05) is 60.7 Å². The molecule has 0 spiro atoms. The third-order valence-corrected chi connectivity index (χ3v) is 6.87. The molecule has 1 heterocycles. The van der Waals surface area contributed by atoms with Crippen LogP contribution in [0.1, 0.15) is 34.7 Å². The molecule has 178 valence electrons. The second-order valence-electron chi connectivity index (χ2n) is 9.17. The van der Waals surface area contributed by atoms with Crippen LogP contribution in [-0.4, -0.2) is 27.6 Å². The Bertz CT molecular complexity index is 1370. The quantitative estimate of drug-likeness (QED) is 0.405. The molecular weight excluding hydrogens is 443 g/mol. The predicted molar refractivity (Wildman–Crippen MR) is 133 cm³/mol. The molecule has 1 aliphatic carbocycles. The van der Waals surface area contributed by atoms with Crippen LogP contribution in [0.15, 0.2) is 78.9 Å². The van der Waals surface area contributed by atoms with E-state index in [9.17, 15) is 19.1 Å². The van der Waals surface area contributed by atoms with Gasteiger partial charge in [0.15, 0.2) is 0 Å². The van der Waals surface area contributed by atoms with Gasteiger partial charge in [-0.3, -0.25) is 9.59 Å². The van der Waals surface area contributed by atoms with Gasteiger partial charge in [-0.05, 0) is 60.6 Å². The Balaban J connectivity index is 1.41. The third-order valence-electron chi connectivity index (χ3n) is 6.87. The number of halogens is 1. The summed E-state index contributed by atoms with van der Waals surface area (Å²) in [5.41, 5.74) is 4.62. The zero-order valence-electron chi connectivity index (χ0n) is 19.3. The molecule has 1 aliphatic rings. The summed E-state index contributed by atoms with van der Waals surface area (Å²) in [4.78, 5) is 25.0. The molecule has 0 bridgehead atoms. The van der Waals surface area contributed by atoms with Crippen LogP contribution in [-0.2, 0) is 35.4 Å². The first kappa shape index (κ1) is 22.8. The number of fused-ring (bicyclic) bond motifs is 3. The molecule has 0 saturated heterocycles. The summed E-state index contributed by atoms with van der Waals surface area (Å²) in [7, 11) is 0. The summed E-state index contributed by atoms with van der Waals surface area (Å²) in [6.07, 6.45) is 2.46. The summed E-state index contributed by atoms with van der Waals surface area (Å²) < 4.78 is 15.9. The van der Waals surface area contributed by atoms with E-state index in [-0.39, 0.29) is 30.2 Å². The molecule has 2 atom stereocenters. The van der Waals surface area contributed by atoms with Crippen LogP contribution in [0, 0.1) is 5.82 Å². The minimum absolute atomic E-state index is 0.0334. The van der Waals surface area contributed by atoms with E-state index < -0.39 is 5.97 Å². The number of hydrogen-bond donors (Lipinski definition) is 2. The van der Waals surface area contributed by atoms with Gasteiger partial charge in [0.1, 0.15) is 12.4 Å². The Hall–Kier alpha value is -3.93. The third kappa shape index (κ3) is 4.83. The van der Waals surface area contributed by atoms with Crippen LogP contribution in [0.2, 0.25) is 0 Å². The molecule has 0 radical (unpaired) electrons. The lowest BCUT2D eigenvalue weighted by molar-refractivity contribution is -0.137. The molecule has 5 nitrogen and oxygen atoms in total. The molecule has 4 aromatic rings. The van der Waals surface area contributed by atoms with Gasteiger partial charge in [-0.25, -0.2) is 4.39 Å². The van der Waals surface area contributed by atoms with Crippen LogP contribution >= 0.6 is 0 Å². The van der Waals surface area contributed by atoms with E-state index in [0.717, 1.165) is 33.3 Å². The highest BCUT2D eigenvalue weighted by atomic mass is 19.1. The van der Waals surface area contributed by atoms with E-state index in [1.54, 1.807) is 10.6 Å². The van der Waals surface area contributed by atoms with Crippen LogP contribution in [0.25, 0.3) is 10.9 Å². The SMILES string of the molecule is O=C(O)Cn1c2c(c3cc(F)ccc31)C[C@@H](NC(=O)[C@@H](Cc1ccccc1)c1ccccc1)CC2. The topological polar surface area (TPSA) is 71.3 Å². The first-order valence-corrected chi connectivity index (χ1v) is 11.9. The Labute approximate surface area is 203 Å². The van der Waals surface area contributed by atoms with Crippen molar-refractivity contribution in [3.63, 3.8) is 0 Å². The molecule has 0 fully saturated rings. The van der Waals surface area contributed by atoms with E-state index in [0.29, 0.717) is 25.7 Å². The molecule has 0 saturated carbocycles. The molecule has 0 aliphatic heterocycles. The fraction of sp³-hybridized carbons (Fsp3) is 0.241. The minimum atomic E-state index is -0.934. The molecule has 5 rings (SSSR count). The summed E-state index contributed by atoms with van der Waals surface area (Å²) >= 11 is 0. The number of benzene rings is 3. The zero-order chi connectivity index (χ0) is 24.4. The van der Waals surface area contributed by atoms with Crippen molar-refractivity contribution in [3.05, 3.63) is 107 Å². The van der Waals surface area contributed by atoms with Crippen molar-refractivity contribution in [3.8, 4) is 0 Å². The molecule has 35 heavy (non-hydrogen) atoms. The van der Waals surface area contributed by atoms with Crippen LogP contribution in [0.3, 0.4) is 0 Å². The minimum Gasteiger partial charge on any atom is -0.480 e. The number of amides is 1. The lowest BCUT2D eigenvalue weighted by atomic mass is 9.88. The van der Waals surface area contributed by atoms with Crippen LogP contribution < -0.4 is 5.32 Å². The molecule has 1 amide bonds. The zero-order valence-corrected chi connectivity index (χ0v) is 19.3. The van der Waals surface area contributed by atoms with E-state index in [2.05, 4.69) is 5.32 Å². The van der Waals surface area contributed by atoms with E-state index in [4.69, 9.17) is 0 Å². The van der Waals surface area contributed by atoms with Gasteiger partial charge >= 0.3 is 5.97 Å². The normalized spacial score (nSPS) is 16.0. The van der Waals surface area contributed by atoms with Gasteiger partial charge in [0.05, 0.1) is 5.92 Å². The fourth-order valence-electron chi connectivity index (χ4n) is 5.26. The Morgan fingerprint density at radius 1 is 1.03 bits per heavy atom. The maximum absolute atomic E-state index is 14.1. The molecular formula is C29H27FN2O3. The highest BCUT2D eigenvalue weighted by Gasteiger charge is 2.29. The van der Waals surface area contributed by atoms with Gasteiger partial charge in [0.2, 0.25) is 5.91 Å². The van der Waals surface area contributed by atoms with E-state index in [1.165, 1.54) is 12.1 Å². The fourth-order valence-corrected chi connectivity index (χ4v) is 5.26. The number of hydrogen-bond acceptors (Lipinski definition) is 2. The van der Waals surface area contributed by atoms with Crippen molar-refractivity contribution >= 4 is 22.8 Å². The molecule has 1 aromatic heterocycles. The highest BCUT2D eigenvalue weighted by molar-refractivity contribution is 5.88. The summed E-state index contributed by atoms with van der Waals surface area (Å²) in [5.74, 6) is -1.65. The average Bonchev–Trinajstić information content (AvgIpc) is 3.15. The summed E-state index contributed by atoms with van der Waals surface area (Å²) in [6, 6.07) is 24.1. The van der Waals surface area contributed by atoms with E-state index >= 15 is 0 Å². The Kier molecular flexibility index (Phi) is 6.36. The van der Waals surface area contributed by atoms with Gasteiger partial charge in [0, 0.05) is 22.6 Å². The Morgan fingerprint density at radius 2 is 1.74 bits per heavy atom. The smallest absolute Gasteiger partial charge is 0.323 e. The number of carboxylic acids is 1. The van der Waals surface area contributed by atoms with Crippen molar-refractivity contribution in [1.82, 2.24) is 9.88 Å². The number of aliphatic carboxylic acids is 1. The Morgan fingerprint density at radius 3 is 2.46 bits per heavy atom. The monoisotopic (exact) mass is 470 g/mol. The second kappa shape index (κ2) is 9.74. The number of nitrogens with one attached hydrogen (secondary N) is 1. The molecule has 6 heteroatoms. The van der Waals surface area contributed by atoms with Crippen LogP contribution in [0.5, 0.6) is 0 Å². The number of nitrogens with zero attached hydrogens (tertiary/aromatic N) is 1. The number of carbonyl (C=O) groups is 2. The van der Waals surface area contributed by atoms with Gasteiger partial charge in [0.25, 0.3) is 0 Å². The largest absolute Gasteiger partial charge is 0.480 e. The molecule has 2 N–H and O–H groups in total. The first-order chi connectivity index (χ1) is 17.0. The lowest BCUT2D eigenvalue weighted by Gasteiger charge is -2.27. The number of rotatable bonds is 7. The van der Waals surface area contributed by atoms with Gasteiger partial charge in [-0.15, -0.1) is 0 Å². The molecule has 0 unspecified atom stereocenters. The highest BCUT2D eigenvalue weighted by Crippen LogP contribution is 2.33. The van der Waals surface area contributed by atoms with Crippen molar-refractivity contribution in [2.75, 3.05) is 0 Å². The number of carbonyl (C=O) groups excluding carboxylic acids is 1. The van der Waals surface area contributed by atoms with E-state index in [1.807, 2.05) is 60.7 Å². The van der Waals surface area contributed by atoms with Crippen LogP contribution in [0.4, 0.5) is 4.39 Å². The number of aromatic nitrogens is 1. The van der Waals surface area contributed by atoms with Crippen molar-refractivity contribution in [2.45, 2.75) is 44.2 Å². The van der Waals surface area contributed by atoms with Crippen molar-refractivity contribution in [1.29, 1.82) is 0 Å². The maximum atomic E-state index is 14.1. The average molecular weight is 471 g/mol. The van der Waals surface area contributed by atoms with Crippen molar-refractivity contribution in [2.24, 2.45) is 0 Å². The lowest BCUT2D eigenvalue weighted by Crippen LogP contribution is -2.42. The summed E-state index contributed by atoms with van der Waals surface area (Å²) in [6.45, 7) is -0.165.